The largest absolute Gasteiger partial charge is 0.334 e. The Kier molecular flexibility index (Phi) is 4.39. The van der Waals surface area contributed by atoms with E-state index in [0.717, 1.165) is 12.0 Å². The first-order chi connectivity index (χ1) is 12.7. The number of nitrogens with one attached hydrogen (secondary N) is 1. The maximum atomic E-state index is 12.6. The Labute approximate surface area is 151 Å². The minimum Gasteiger partial charge on any atom is -0.334 e. The van der Waals surface area contributed by atoms with Crippen LogP contribution in [0.2, 0.25) is 0 Å². The van der Waals surface area contributed by atoms with Crippen LogP contribution in [-0.2, 0) is 13.0 Å². The van der Waals surface area contributed by atoms with Gasteiger partial charge in [0.25, 0.3) is 5.89 Å². The summed E-state index contributed by atoms with van der Waals surface area (Å²) in [5.41, 5.74) is 3.38. The smallest absolute Gasteiger partial charge is 0.318 e. The van der Waals surface area contributed by atoms with Gasteiger partial charge in [0.2, 0.25) is 0 Å². The van der Waals surface area contributed by atoms with Gasteiger partial charge in [-0.2, -0.15) is 4.98 Å². The van der Waals surface area contributed by atoms with Crippen LogP contribution in [0.1, 0.15) is 29.9 Å². The molecule has 4 rings (SSSR count). The zero-order valence-electron chi connectivity index (χ0n) is 14.6. The van der Waals surface area contributed by atoms with E-state index in [4.69, 9.17) is 4.52 Å². The SMILES string of the molecule is C[C@H](NC(=O)N1CCc2ccccc2C1)c1noc(-c2ccccc2)n1. The van der Waals surface area contributed by atoms with Crippen molar-refractivity contribution in [2.75, 3.05) is 6.54 Å². The van der Waals surface area contributed by atoms with E-state index in [1.807, 2.05) is 54.3 Å². The molecule has 2 amide bonds. The second-order valence-electron chi connectivity index (χ2n) is 6.44. The molecule has 2 aromatic carbocycles. The Morgan fingerprint density at radius 3 is 2.65 bits per heavy atom. The third kappa shape index (κ3) is 3.31. The van der Waals surface area contributed by atoms with E-state index in [-0.39, 0.29) is 12.1 Å². The quantitative estimate of drug-likeness (QED) is 0.785. The molecule has 0 saturated carbocycles. The van der Waals surface area contributed by atoms with Gasteiger partial charge in [0.1, 0.15) is 0 Å². The first-order valence-electron chi connectivity index (χ1n) is 8.72. The van der Waals surface area contributed by atoms with Crippen LogP contribution in [0.25, 0.3) is 11.5 Å². The van der Waals surface area contributed by atoms with Crippen molar-refractivity contribution >= 4 is 6.03 Å². The van der Waals surface area contributed by atoms with Crippen molar-refractivity contribution < 1.29 is 9.32 Å². The van der Waals surface area contributed by atoms with E-state index in [2.05, 4.69) is 27.6 Å². The van der Waals surface area contributed by atoms with Gasteiger partial charge >= 0.3 is 6.03 Å². The monoisotopic (exact) mass is 348 g/mol. The lowest BCUT2D eigenvalue weighted by Crippen LogP contribution is -2.43. The van der Waals surface area contributed by atoms with E-state index < -0.39 is 0 Å². The highest BCUT2D eigenvalue weighted by atomic mass is 16.5. The Morgan fingerprint density at radius 2 is 1.85 bits per heavy atom. The van der Waals surface area contributed by atoms with Gasteiger partial charge in [0.05, 0.1) is 6.04 Å². The molecule has 1 atom stereocenters. The topological polar surface area (TPSA) is 71.3 Å². The Balaban J connectivity index is 1.41. The summed E-state index contributed by atoms with van der Waals surface area (Å²) >= 11 is 0. The molecule has 6 nitrogen and oxygen atoms in total. The molecule has 0 saturated heterocycles. The molecule has 0 fully saturated rings. The highest BCUT2D eigenvalue weighted by Crippen LogP contribution is 2.21. The van der Waals surface area contributed by atoms with Crippen molar-refractivity contribution in [1.29, 1.82) is 0 Å². The molecule has 26 heavy (non-hydrogen) atoms. The van der Waals surface area contributed by atoms with Crippen LogP contribution >= 0.6 is 0 Å². The number of carbonyl (C=O) groups excluding carboxylic acids is 1. The van der Waals surface area contributed by atoms with E-state index in [9.17, 15) is 4.79 Å². The van der Waals surface area contributed by atoms with E-state index in [1.165, 1.54) is 11.1 Å². The molecule has 1 N–H and O–H groups in total. The highest BCUT2D eigenvalue weighted by molar-refractivity contribution is 5.75. The minimum atomic E-state index is -0.333. The van der Waals surface area contributed by atoms with Crippen LogP contribution in [-0.4, -0.2) is 27.6 Å². The number of amides is 2. The zero-order chi connectivity index (χ0) is 17.9. The number of rotatable bonds is 3. The van der Waals surface area contributed by atoms with Gasteiger partial charge < -0.3 is 14.7 Å². The maximum Gasteiger partial charge on any atom is 0.318 e. The average molecular weight is 348 g/mol. The molecule has 0 unspecified atom stereocenters. The number of urea groups is 1. The molecule has 1 aliphatic heterocycles. The van der Waals surface area contributed by atoms with Crippen molar-refractivity contribution in [2.24, 2.45) is 0 Å². The Bertz CT molecular complexity index is 907. The van der Waals surface area contributed by atoms with Crippen LogP contribution in [0.15, 0.2) is 59.1 Å². The lowest BCUT2D eigenvalue weighted by molar-refractivity contribution is 0.188. The summed E-state index contributed by atoms with van der Waals surface area (Å²) in [6, 6.07) is 17.4. The van der Waals surface area contributed by atoms with E-state index in [1.54, 1.807) is 0 Å². The molecule has 0 bridgehead atoms. The van der Waals surface area contributed by atoms with Gasteiger partial charge in [-0.1, -0.05) is 47.6 Å². The van der Waals surface area contributed by atoms with Crippen LogP contribution in [0, 0.1) is 0 Å². The fourth-order valence-electron chi connectivity index (χ4n) is 3.12. The van der Waals surface area contributed by atoms with Crippen LogP contribution in [0.3, 0.4) is 0 Å². The number of hydrogen-bond donors (Lipinski definition) is 1. The maximum absolute atomic E-state index is 12.6. The molecule has 132 valence electrons. The van der Waals surface area contributed by atoms with Crippen LogP contribution in [0.5, 0.6) is 0 Å². The summed E-state index contributed by atoms with van der Waals surface area (Å²) < 4.78 is 5.32. The van der Waals surface area contributed by atoms with Crippen molar-refractivity contribution in [1.82, 2.24) is 20.4 Å². The second kappa shape index (κ2) is 7.00. The fourth-order valence-corrected chi connectivity index (χ4v) is 3.12. The number of benzene rings is 2. The Hall–Kier alpha value is -3.15. The second-order valence-corrected chi connectivity index (χ2v) is 6.44. The lowest BCUT2D eigenvalue weighted by Gasteiger charge is -2.29. The van der Waals surface area contributed by atoms with Crippen molar-refractivity contribution in [3.63, 3.8) is 0 Å². The molecular weight excluding hydrogens is 328 g/mol. The van der Waals surface area contributed by atoms with Crippen LogP contribution < -0.4 is 5.32 Å². The summed E-state index contributed by atoms with van der Waals surface area (Å²) in [5, 5.41) is 6.97. The predicted molar refractivity (Wildman–Crippen MR) is 97.2 cm³/mol. The minimum absolute atomic E-state index is 0.113. The molecule has 3 aromatic rings. The number of carbonyl (C=O) groups is 1. The normalized spacial score (nSPS) is 14.6. The number of fused-ring (bicyclic) bond motifs is 1. The summed E-state index contributed by atoms with van der Waals surface area (Å²) in [6.45, 7) is 3.18. The first-order valence-corrected chi connectivity index (χ1v) is 8.72. The van der Waals surface area contributed by atoms with Gasteiger partial charge in [-0.3, -0.25) is 0 Å². The van der Waals surface area contributed by atoms with Gasteiger partial charge in [-0.15, -0.1) is 0 Å². The van der Waals surface area contributed by atoms with E-state index >= 15 is 0 Å². The molecule has 0 aliphatic carbocycles. The first kappa shape index (κ1) is 16.3. The third-order valence-corrected chi connectivity index (χ3v) is 4.61. The van der Waals surface area contributed by atoms with Gasteiger partial charge in [-0.05, 0) is 36.6 Å². The number of nitrogens with zero attached hydrogens (tertiary/aromatic N) is 3. The predicted octanol–water partition coefficient (Wildman–Crippen LogP) is 3.57. The molecule has 6 heteroatoms. The molecule has 0 radical (unpaired) electrons. The third-order valence-electron chi connectivity index (χ3n) is 4.61. The van der Waals surface area contributed by atoms with Gasteiger partial charge in [0.15, 0.2) is 5.82 Å². The van der Waals surface area contributed by atoms with E-state index in [0.29, 0.717) is 24.8 Å². The van der Waals surface area contributed by atoms with Crippen LogP contribution in [0.4, 0.5) is 4.79 Å². The molecular formula is C20H20N4O2. The number of aromatic nitrogens is 2. The molecule has 1 aromatic heterocycles. The van der Waals surface area contributed by atoms with Gasteiger partial charge in [-0.25, -0.2) is 4.79 Å². The van der Waals surface area contributed by atoms with Crippen molar-refractivity contribution in [3.05, 3.63) is 71.5 Å². The summed E-state index contributed by atoms with van der Waals surface area (Å²) in [7, 11) is 0. The van der Waals surface area contributed by atoms with Crippen molar-refractivity contribution in [3.8, 4) is 11.5 Å². The zero-order valence-corrected chi connectivity index (χ0v) is 14.6. The molecule has 1 aliphatic rings. The lowest BCUT2D eigenvalue weighted by atomic mass is 10.0. The Morgan fingerprint density at radius 1 is 1.12 bits per heavy atom. The number of hydrogen-bond acceptors (Lipinski definition) is 4. The average Bonchev–Trinajstić information content (AvgIpc) is 3.18. The molecule has 0 spiro atoms. The molecule has 2 heterocycles. The summed E-state index contributed by atoms with van der Waals surface area (Å²) in [6.07, 6.45) is 0.873. The van der Waals surface area contributed by atoms with Gasteiger partial charge in [0, 0.05) is 18.7 Å². The standard InChI is InChI=1S/C20H20N4O2/c1-14(18-22-19(26-23-18)16-8-3-2-4-9-16)21-20(25)24-12-11-15-7-5-6-10-17(15)13-24/h2-10,14H,11-13H2,1H3,(H,21,25)/t14-/m0/s1. The summed E-state index contributed by atoms with van der Waals surface area (Å²) in [4.78, 5) is 18.8. The highest BCUT2D eigenvalue weighted by Gasteiger charge is 2.23. The summed E-state index contributed by atoms with van der Waals surface area (Å²) in [5.74, 6) is 0.920. The fraction of sp³-hybridized carbons (Fsp3) is 0.250. The van der Waals surface area contributed by atoms with Crippen molar-refractivity contribution in [2.45, 2.75) is 25.9 Å².